The van der Waals surface area contributed by atoms with Gasteiger partial charge in [0, 0.05) is 12.5 Å². The first kappa shape index (κ1) is 14.2. The minimum absolute atomic E-state index is 0.0577. The smallest absolute Gasteiger partial charge is 0.410 e. The maximum Gasteiger partial charge on any atom is 0.410 e. The maximum absolute atomic E-state index is 12.6. The summed E-state index contributed by atoms with van der Waals surface area (Å²) in [6.45, 7) is 4.75. The molecule has 1 N–H and O–H groups in total. The van der Waals surface area contributed by atoms with Gasteiger partial charge in [-0.3, -0.25) is 0 Å². The molecular weight excluding hydrogens is 232 g/mol. The van der Waals surface area contributed by atoms with Gasteiger partial charge in [0.15, 0.2) is 0 Å². The molecule has 100 valence electrons. The molecule has 1 heterocycles. The molecule has 0 saturated carbocycles. The Morgan fingerprint density at radius 3 is 2.53 bits per heavy atom. The molecule has 1 saturated heterocycles. The zero-order valence-electron chi connectivity index (χ0n) is 10.3. The highest BCUT2D eigenvalue weighted by molar-refractivity contribution is 5.69. The first-order valence-electron chi connectivity index (χ1n) is 5.63. The normalized spacial score (nSPS) is 25.5. The van der Waals surface area contributed by atoms with Crippen molar-refractivity contribution in [1.82, 2.24) is 4.90 Å². The van der Waals surface area contributed by atoms with E-state index in [0.717, 1.165) is 0 Å². The van der Waals surface area contributed by atoms with Crippen LogP contribution in [0, 0.1) is 5.92 Å². The molecule has 0 aliphatic carbocycles. The molecule has 1 aliphatic heterocycles. The molecular formula is C11H19F2NO3. The summed E-state index contributed by atoms with van der Waals surface area (Å²) >= 11 is 0. The SMILES string of the molecule is CC(C)(C)OC(=O)N1CC(C(F)F)CC1CO. The Bertz CT molecular complexity index is 278. The van der Waals surface area contributed by atoms with Crippen LogP contribution in [0.1, 0.15) is 27.2 Å². The van der Waals surface area contributed by atoms with Crippen molar-refractivity contribution in [3.8, 4) is 0 Å². The molecule has 0 bridgehead atoms. The van der Waals surface area contributed by atoms with Crippen LogP contribution in [-0.2, 0) is 4.74 Å². The van der Waals surface area contributed by atoms with Gasteiger partial charge in [-0.15, -0.1) is 0 Å². The fourth-order valence-corrected chi connectivity index (χ4v) is 1.85. The Kier molecular flexibility index (Phi) is 4.30. The van der Waals surface area contributed by atoms with Crippen LogP contribution in [0.3, 0.4) is 0 Å². The average molecular weight is 251 g/mol. The lowest BCUT2D eigenvalue weighted by atomic mass is 10.1. The molecule has 1 fully saturated rings. The van der Waals surface area contributed by atoms with Crippen molar-refractivity contribution in [1.29, 1.82) is 0 Å². The second kappa shape index (κ2) is 5.16. The number of nitrogens with zero attached hydrogens (tertiary/aromatic N) is 1. The standard InChI is InChI=1S/C11H19F2NO3/c1-11(2,3)17-10(16)14-5-7(9(12)13)4-8(14)6-15/h7-9,15H,4-6H2,1-3H3. The first-order valence-corrected chi connectivity index (χ1v) is 5.63. The monoisotopic (exact) mass is 251 g/mol. The van der Waals surface area contributed by atoms with Crippen LogP contribution < -0.4 is 0 Å². The largest absolute Gasteiger partial charge is 0.444 e. The molecule has 2 unspecified atom stereocenters. The molecule has 1 aliphatic rings. The van der Waals surface area contributed by atoms with Crippen LogP contribution in [0.15, 0.2) is 0 Å². The van der Waals surface area contributed by atoms with Crippen molar-refractivity contribution in [2.45, 2.75) is 45.3 Å². The van der Waals surface area contributed by atoms with Gasteiger partial charge in [-0.25, -0.2) is 13.6 Å². The number of ether oxygens (including phenoxy) is 1. The van der Waals surface area contributed by atoms with Crippen LogP contribution in [0.25, 0.3) is 0 Å². The predicted octanol–water partition coefficient (Wildman–Crippen LogP) is 1.87. The molecule has 1 amide bonds. The lowest BCUT2D eigenvalue weighted by molar-refractivity contribution is 0.0156. The number of alkyl halides is 2. The van der Waals surface area contributed by atoms with Crippen LogP contribution in [0.5, 0.6) is 0 Å². The van der Waals surface area contributed by atoms with Crippen LogP contribution >= 0.6 is 0 Å². The first-order chi connectivity index (χ1) is 7.74. The zero-order chi connectivity index (χ0) is 13.2. The number of halogens is 2. The number of amides is 1. The van der Waals surface area contributed by atoms with Gasteiger partial charge in [-0.2, -0.15) is 0 Å². The summed E-state index contributed by atoms with van der Waals surface area (Å²) in [6.07, 6.45) is -3.00. The summed E-state index contributed by atoms with van der Waals surface area (Å²) in [5, 5.41) is 9.09. The number of hydrogen-bond donors (Lipinski definition) is 1. The van der Waals surface area contributed by atoms with Crippen molar-refractivity contribution in [3.05, 3.63) is 0 Å². The number of hydrogen-bond acceptors (Lipinski definition) is 3. The molecule has 17 heavy (non-hydrogen) atoms. The third-order valence-electron chi connectivity index (χ3n) is 2.64. The highest BCUT2D eigenvalue weighted by atomic mass is 19.3. The molecule has 4 nitrogen and oxygen atoms in total. The second-order valence-electron chi connectivity index (χ2n) is 5.30. The van der Waals surface area contributed by atoms with Crippen molar-refractivity contribution in [3.63, 3.8) is 0 Å². The van der Waals surface area contributed by atoms with E-state index in [4.69, 9.17) is 9.84 Å². The van der Waals surface area contributed by atoms with E-state index in [9.17, 15) is 13.6 Å². The van der Waals surface area contributed by atoms with Gasteiger partial charge in [0.05, 0.1) is 12.6 Å². The number of aliphatic hydroxyl groups excluding tert-OH is 1. The Labute approximate surface area is 99.5 Å². The van der Waals surface area contributed by atoms with Crippen molar-refractivity contribution in [2.75, 3.05) is 13.2 Å². The average Bonchev–Trinajstić information content (AvgIpc) is 2.58. The summed E-state index contributed by atoms with van der Waals surface area (Å²) in [4.78, 5) is 12.9. The third kappa shape index (κ3) is 3.80. The summed E-state index contributed by atoms with van der Waals surface area (Å²) in [5.74, 6) is -0.875. The summed E-state index contributed by atoms with van der Waals surface area (Å²) in [6, 6.07) is -0.566. The topological polar surface area (TPSA) is 49.8 Å². The van der Waals surface area contributed by atoms with Gasteiger partial charge in [0.1, 0.15) is 5.60 Å². The number of likely N-dealkylation sites (tertiary alicyclic amines) is 1. The maximum atomic E-state index is 12.6. The van der Waals surface area contributed by atoms with Crippen molar-refractivity contribution in [2.24, 2.45) is 5.92 Å². The lowest BCUT2D eigenvalue weighted by Crippen LogP contribution is -2.41. The molecule has 0 spiro atoms. The van der Waals surface area contributed by atoms with Crippen molar-refractivity contribution >= 4 is 6.09 Å². The van der Waals surface area contributed by atoms with Crippen LogP contribution in [0.4, 0.5) is 13.6 Å². The van der Waals surface area contributed by atoms with Crippen LogP contribution in [0.2, 0.25) is 0 Å². The Balaban J connectivity index is 2.66. The van der Waals surface area contributed by atoms with E-state index in [2.05, 4.69) is 0 Å². The van der Waals surface area contributed by atoms with Gasteiger partial charge in [0.2, 0.25) is 6.43 Å². The Morgan fingerprint density at radius 1 is 1.53 bits per heavy atom. The molecule has 0 aromatic heterocycles. The molecule has 0 radical (unpaired) electrons. The number of rotatable bonds is 2. The molecule has 1 rings (SSSR count). The molecule has 0 aromatic carbocycles. The van der Waals surface area contributed by atoms with Gasteiger partial charge in [0.25, 0.3) is 0 Å². The summed E-state index contributed by atoms with van der Waals surface area (Å²) in [5.41, 5.74) is -0.667. The minimum Gasteiger partial charge on any atom is -0.444 e. The molecule has 0 aromatic rings. The van der Waals surface area contributed by atoms with E-state index in [-0.39, 0.29) is 19.6 Å². The van der Waals surface area contributed by atoms with Gasteiger partial charge < -0.3 is 14.7 Å². The predicted molar refractivity (Wildman–Crippen MR) is 57.9 cm³/mol. The Morgan fingerprint density at radius 2 is 2.12 bits per heavy atom. The third-order valence-corrected chi connectivity index (χ3v) is 2.64. The number of carbonyl (C=O) groups excluding carboxylic acids is 1. The van der Waals surface area contributed by atoms with E-state index < -0.39 is 30.1 Å². The van der Waals surface area contributed by atoms with Crippen LogP contribution in [-0.4, -0.2) is 47.3 Å². The zero-order valence-corrected chi connectivity index (χ0v) is 10.3. The summed E-state index contributed by atoms with van der Waals surface area (Å²) in [7, 11) is 0. The number of carbonyl (C=O) groups is 1. The van der Waals surface area contributed by atoms with E-state index in [0.29, 0.717) is 0 Å². The van der Waals surface area contributed by atoms with E-state index in [1.165, 1.54) is 4.90 Å². The lowest BCUT2D eigenvalue weighted by Gasteiger charge is -2.27. The van der Waals surface area contributed by atoms with Gasteiger partial charge >= 0.3 is 6.09 Å². The van der Waals surface area contributed by atoms with E-state index in [1.807, 2.05) is 0 Å². The quantitative estimate of drug-likeness (QED) is 0.815. The highest BCUT2D eigenvalue weighted by Crippen LogP contribution is 2.29. The Hall–Kier alpha value is -0.910. The number of aliphatic hydroxyl groups is 1. The van der Waals surface area contributed by atoms with Gasteiger partial charge in [-0.05, 0) is 27.2 Å². The van der Waals surface area contributed by atoms with Gasteiger partial charge in [-0.1, -0.05) is 0 Å². The summed E-state index contributed by atoms with van der Waals surface area (Å²) < 4.78 is 30.2. The minimum atomic E-state index is -2.48. The van der Waals surface area contributed by atoms with E-state index >= 15 is 0 Å². The van der Waals surface area contributed by atoms with Crippen molar-refractivity contribution < 1.29 is 23.4 Å². The fourth-order valence-electron chi connectivity index (χ4n) is 1.85. The molecule has 2 atom stereocenters. The van der Waals surface area contributed by atoms with E-state index in [1.54, 1.807) is 20.8 Å². The highest BCUT2D eigenvalue weighted by Gasteiger charge is 2.40. The molecule has 6 heteroatoms. The second-order valence-corrected chi connectivity index (χ2v) is 5.30. The fraction of sp³-hybridized carbons (Fsp3) is 0.909.